The van der Waals surface area contributed by atoms with Crippen molar-refractivity contribution in [1.82, 2.24) is 9.68 Å². The SMILES string of the molecule is COc1ccc(/C=N/N(C)[PH](=S)Oc2ccc(C(N(C)C[PH](O)(O)O)[PH](O)(O)O)cc2)cc1. The molecule has 0 aliphatic carbocycles. The smallest absolute Gasteiger partial charge is 0.0193 e. The van der Waals surface area contributed by atoms with E-state index in [9.17, 15) is 29.4 Å². The van der Waals surface area contributed by atoms with Gasteiger partial charge in [0, 0.05) is 0 Å². The van der Waals surface area contributed by atoms with Crippen LogP contribution in [-0.2, 0) is 11.8 Å². The van der Waals surface area contributed by atoms with E-state index in [0.717, 1.165) is 16.2 Å². The number of rotatable bonds is 11. The van der Waals surface area contributed by atoms with Crippen molar-refractivity contribution in [2.24, 2.45) is 5.10 Å². The van der Waals surface area contributed by atoms with E-state index < -0.39 is 35.0 Å². The Labute approximate surface area is 198 Å². The van der Waals surface area contributed by atoms with Crippen molar-refractivity contribution in [3.63, 3.8) is 0 Å². The van der Waals surface area contributed by atoms with Gasteiger partial charge >= 0.3 is 169 Å². The van der Waals surface area contributed by atoms with Crippen LogP contribution in [-0.4, -0.2) is 72.7 Å². The topological polar surface area (TPSA) is 159 Å². The molecule has 0 aromatic heterocycles. The molecular formula is C18H30N3O8P3S. The van der Waals surface area contributed by atoms with Crippen LogP contribution in [0.15, 0.2) is 53.6 Å². The van der Waals surface area contributed by atoms with Gasteiger partial charge in [0.2, 0.25) is 0 Å². The molecule has 0 saturated carbocycles. The van der Waals surface area contributed by atoms with Crippen LogP contribution in [0.1, 0.15) is 16.9 Å². The van der Waals surface area contributed by atoms with E-state index in [1.807, 2.05) is 24.3 Å². The summed E-state index contributed by atoms with van der Waals surface area (Å²) in [5.74, 6) is -0.190. The zero-order valence-electron chi connectivity index (χ0n) is 18.2. The van der Waals surface area contributed by atoms with E-state index in [1.165, 1.54) is 36.1 Å². The summed E-state index contributed by atoms with van der Waals surface area (Å²) < 4.78 is 12.4. The average Bonchev–Trinajstić information content (AvgIpc) is 2.71. The van der Waals surface area contributed by atoms with Crippen molar-refractivity contribution in [2.75, 3.05) is 27.5 Å². The molecule has 2 atom stereocenters. The van der Waals surface area contributed by atoms with E-state index >= 15 is 0 Å². The quantitative estimate of drug-likeness (QED) is 0.139. The van der Waals surface area contributed by atoms with Crippen molar-refractivity contribution < 1.29 is 38.6 Å². The fraction of sp³-hybridized carbons (Fsp3) is 0.278. The van der Waals surface area contributed by atoms with Crippen LogP contribution in [0.25, 0.3) is 0 Å². The fourth-order valence-electron chi connectivity index (χ4n) is 2.98. The summed E-state index contributed by atoms with van der Waals surface area (Å²) in [7, 11) is -6.65. The summed E-state index contributed by atoms with van der Waals surface area (Å²) in [5.41, 5.74) is 1.14. The molecule has 2 aromatic carbocycles. The maximum atomic E-state index is 9.87. The molecule has 0 heterocycles. The summed E-state index contributed by atoms with van der Waals surface area (Å²) >= 11 is 5.41. The Balaban J connectivity index is 2.06. The van der Waals surface area contributed by atoms with Crippen LogP contribution in [0.5, 0.6) is 11.5 Å². The van der Waals surface area contributed by atoms with Crippen molar-refractivity contribution in [1.29, 1.82) is 0 Å². The Morgan fingerprint density at radius 1 is 0.970 bits per heavy atom. The van der Waals surface area contributed by atoms with Gasteiger partial charge in [-0.15, -0.1) is 0 Å². The van der Waals surface area contributed by atoms with Gasteiger partial charge in [-0.2, -0.15) is 0 Å². The molecule has 0 aliphatic heterocycles. The zero-order valence-corrected chi connectivity index (χ0v) is 22.0. The van der Waals surface area contributed by atoms with Gasteiger partial charge < -0.3 is 4.74 Å². The van der Waals surface area contributed by atoms with Gasteiger partial charge in [0.25, 0.3) is 0 Å². The third-order valence-electron chi connectivity index (χ3n) is 4.43. The first-order chi connectivity index (χ1) is 15.3. The summed E-state index contributed by atoms with van der Waals surface area (Å²) in [5, 5.41) is 4.30. The van der Waals surface area contributed by atoms with E-state index in [4.69, 9.17) is 21.1 Å². The monoisotopic (exact) mass is 541 g/mol. The third-order valence-corrected chi connectivity index (χ3v) is 8.96. The Hall–Kier alpha value is -1.26. The fourth-order valence-corrected chi connectivity index (χ4v) is 6.38. The molecule has 0 radical (unpaired) electrons. The molecule has 6 N–H and O–H groups in total. The third kappa shape index (κ3) is 9.13. The number of benzene rings is 2. The van der Waals surface area contributed by atoms with Crippen LogP contribution in [0.3, 0.4) is 0 Å². The van der Waals surface area contributed by atoms with Crippen LogP contribution in [0.2, 0.25) is 0 Å². The average molecular weight is 541 g/mol. The standard InChI is InChI=1S/C18H30N3O8P3S/c1-20(13-31(22,23)24)18(32(25,26)27)15-6-10-17(11-7-15)29-30(33)21(2)19-12-14-4-8-16(28-3)9-5-14/h4-12,18,22-27,30-32H,13H2,1-3H3/b19-12+. The molecule has 0 saturated heterocycles. The Morgan fingerprint density at radius 2 is 1.52 bits per heavy atom. The molecule has 186 valence electrons. The Morgan fingerprint density at radius 3 is 2.00 bits per heavy atom. The number of hydrogen-bond acceptors (Lipinski definition) is 11. The molecule has 11 nitrogen and oxygen atoms in total. The van der Waals surface area contributed by atoms with Crippen molar-refractivity contribution in [2.45, 2.75) is 5.78 Å². The zero-order chi connectivity index (χ0) is 24.8. The van der Waals surface area contributed by atoms with E-state index in [1.54, 1.807) is 20.4 Å². The molecule has 2 aromatic rings. The van der Waals surface area contributed by atoms with Gasteiger partial charge in [-0.25, -0.2) is 0 Å². The first-order valence-electron chi connectivity index (χ1n) is 9.58. The molecule has 33 heavy (non-hydrogen) atoms. The Kier molecular flexibility index (Phi) is 10.1. The molecular weight excluding hydrogens is 511 g/mol. The second kappa shape index (κ2) is 11.9. The minimum atomic E-state index is -4.78. The number of ether oxygens (including phenoxy) is 1. The van der Waals surface area contributed by atoms with Gasteiger partial charge in [-0.1, -0.05) is 0 Å². The number of hydrazone groups is 1. The van der Waals surface area contributed by atoms with Crippen LogP contribution >= 0.6 is 23.0 Å². The second-order valence-electron chi connectivity index (χ2n) is 7.26. The van der Waals surface area contributed by atoms with Crippen molar-refractivity contribution >= 4 is 41.0 Å². The number of methoxy groups -OCH3 is 1. The van der Waals surface area contributed by atoms with E-state index in [-0.39, 0.29) is 5.56 Å². The van der Waals surface area contributed by atoms with E-state index in [0.29, 0.717) is 5.75 Å². The van der Waals surface area contributed by atoms with Gasteiger partial charge in [-0.05, 0) is 12.1 Å². The molecule has 0 bridgehead atoms. The maximum absolute atomic E-state index is 9.87. The predicted molar refractivity (Wildman–Crippen MR) is 136 cm³/mol. The van der Waals surface area contributed by atoms with Gasteiger partial charge in [-0.3, -0.25) is 0 Å². The molecule has 0 amide bonds. The van der Waals surface area contributed by atoms with Gasteiger partial charge in [0.15, 0.2) is 0 Å². The molecule has 0 fully saturated rings. The Bertz CT molecular complexity index is 952. The molecule has 2 rings (SSSR count). The normalized spacial score (nSPS) is 15.3. The molecule has 15 heteroatoms. The number of hydrogen-bond donors (Lipinski definition) is 6. The molecule has 0 aliphatic rings. The molecule has 0 spiro atoms. The van der Waals surface area contributed by atoms with Crippen molar-refractivity contribution in [3.8, 4) is 11.5 Å². The summed E-state index contributed by atoms with van der Waals surface area (Å²) in [4.78, 5) is 58.6. The summed E-state index contributed by atoms with van der Waals surface area (Å²) in [6, 6.07) is 13.4. The summed E-state index contributed by atoms with van der Waals surface area (Å²) in [6.45, 7) is 0. The van der Waals surface area contributed by atoms with E-state index in [2.05, 4.69) is 5.10 Å². The predicted octanol–water partition coefficient (Wildman–Crippen LogP) is 1.38. The first kappa shape index (κ1) is 28.0. The minimum absolute atomic E-state index is 0.284. The first-order valence-corrected chi connectivity index (χ1v) is 16.0. The van der Waals surface area contributed by atoms with Gasteiger partial charge in [0.1, 0.15) is 5.75 Å². The van der Waals surface area contributed by atoms with Crippen LogP contribution in [0.4, 0.5) is 0 Å². The minimum Gasteiger partial charge on any atom is -0.0193 e. The molecule has 2 unspecified atom stereocenters. The van der Waals surface area contributed by atoms with Crippen LogP contribution < -0.4 is 9.26 Å². The van der Waals surface area contributed by atoms with Crippen molar-refractivity contribution in [3.05, 3.63) is 59.7 Å². The van der Waals surface area contributed by atoms with Gasteiger partial charge in [0.05, 0.1) is 7.11 Å². The number of nitrogens with zero attached hydrogens (tertiary/aromatic N) is 3. The van der Waals surface area contributed by atoms with Crippen LogP contribution in [0, 0.1) is 0 Å². The summed E-state index contributed by atoms with van der Waals surface area (Å²) in [6.07, 6.45) is 1.02. The second-order valence-corrected chi connectivity index (χ2v) is 13.5.